The molecule has 1 aromatic heterocycles. The van der Waals surface area contributed by atoms with Crippen LogP contribution in [0.3, 0.4) is 0 Å². The van der Waals surface area contributed by atoms with E-state index in [2.05, 4.69) is 0 Å². The van der Waals surface area contributed by atoms with Crippen LogP contribution < -0.4 is 0 Å². The number of rotatable bonds is 5. The summed E-state index contributed by atoms with van der Waals surface area (Å²) in [6.07, 6.45) is -9.75. The number of aromatic nitrogens is 3. The molecule has 0 radical (unpaired) electrons. The van der Waals surface area contributed by atoms with E-state index in [9.17, 15) is 9.60 Å². The Morgan fingerprint density at radius 2 is 1.00 bits per heavy atom. The van der Waals surface area contributed by atoms with Crippen LogP contribution in [0.5, 0.6) is 0 Å². The van der Waals surface area contributed by atoms with Crippen molar-refractivity contribution in [1.82, 2.24) is 15.0 Å². The van der Waals surface area contributed by atoms with Crippen molar-refractivity contribution in [1.29, 1.82) is 0 Å². The summed E-state index contributed by atoms with van der Waals surface area (Å²) in [5.74, 6) is 1.48. The topological polar surface area (TPSA) is 38.7 Å². The molecular weight excluding hydrogens is 583 g/mol. The lowest BCUT2D eigenvalue weighted by Gasteiger charge is -2.36. The Balaban J connectivity index is 1.19. The molecule has 230 valence electrons. The molecule has 9 rings (SSSR count). The highest BCUT2D eigenvalue weighted by atomic mass is 15.0. The van der Waals surface area contributed by atoms with Crippen molar-refractivity contribution in [3.8, 4) is 67.5 Å². The number of nitrogens with zero attached hydrogens (tertiary/aromatic N) is 3. The highest BCUT2D eigenvalue weighted by molar-refractivity contribution is 5.85. The van der Waals surface area contributed by atoms with Crippen molar-refractivity contribution in [2.24, 2.45) is 0 Å². The Morgan fingerprint density at radius 1 is 0.479 bits per heavy atom. The van der Waals surface area contributed by atoms with Crippen molar-refractivity contribution in [3.05, 3.63) is 163 Å². The standard InChI is InChI=1S/C45H35N3/c1-4-13-32(14-5-1)42-46-43(33-15-6-2-7-16-33)48-44(47-42)34-23-21-31(22-24-34)35-17-12-18-36(29-35)37-25-26-39-38-19-8-9-20-40(38)45(41(39)30-37)27-10-3-11-28-45/h1-2,4-9,12-26,29-30H,3,10-11,27-28H2/i3D2,8D,9D,19D,20D,25D,26D,27D2,28D2,30D. The van der Waals surface area contributed by atoms with Crippen LogP contribution in [0.4, 0.5) is 0 Å². The minimum atomic E-state index is -2.86. The maximum absolute atomic E-state index is 9.73. The number of benzene rings is 6. The molecule has 7 aromatic rings. The highest BCUT2D eigenvalue weighted by Gasteiger charge is 2.43. The third kappa shape index (κ3) is 4.94. The molecule has 1 heterocycles. The molecule has 2 aliphatic carbocycles. The summed E-state index contributed by atoms with van der Waals surface area (Å²) in [7, 11) is 0. The first-order valence-corrected chi connectivity index (χ1v) is 15.7. The monoisotopic (exact) mass is 630 g/mol. The SMILES string of the molecule is [2H]c1c([2H])c([2H])c2c(c1[2H])-c1c([2H])c([2H])c(-c3cccc(-c4ccc(-c5nc(-c6ccccc6)nc(-c6ccccc6)n5)cc4)c3)c([2H])c1C21C([2H])([2H])CC([2H])([2H])CC1([2H])[2H]. The second kappa shape index (κ2) is 11.8. The van der Waals surface area contributed by atoms with Gasteiger partial charge in [0, 0.05) is 30.3 Å². The maximum atomic E-state index is 9.73. The van der Waals surface area contributed by atoms with E-state index in [1.807, 2.05) is 91.0 Å². The van der Waals surface area contributed by atoms with E-state index >= 15 is 0 Å². The summed E-state index contributed by atoms with van der Waals surface area (Å²) >= 11 is 0. The second-order valence-electron chi connectivity index (χ2n) is 11.7. The van der Waals surface area contributed by atoms with Crippen LogP contribution in [0, 0.1) is 0 Å². The minimum Gasteiger partial charge on any atom is -0.208 e. The molecule has 1 fully saturated rings. The largest absolute Gasteiger partial charge is 0.208 e. The van der Waals surface area contributed by atoms with Gasteiger partial charge in [0.2, 0.25) is 0 Å². The molecule has 0 N–H and O–H groups in total. The Labute approximate surface area is 300 Å². The fourth-order valence-electron chi connectivity index (χ4n) is 6.40. The number of hydrogen-bond donors (Lipinski definition) is 0. The molecule has 1 spiro atoms. The van der Waals surface area contributed by atoms with Gasteiger partial charge in [0.1, 0.15) is 0 Å². The second-order valence-corrected chi connectivity index (χ2v) is 11.7. The van der Waals surface area contributed by atoms with E-state index in [-0.39, 0.29) is 22.3 Å². The van der Waals surface area contributed by atoms with Gasteiger partial charge in [-0.1, -0.05) is 159 Å². The molecule has 3 heteroatoms. The number of fused-ring (bicyclic) bond motifs is 5. The minimum absolute atomic E-state index is 0.114. The molecular formula is C45H35N3. The van der Waals surface area contributed by atoms with Gasteiger partial charge in [-0.2, -0.15) is 0 Å². The Morgan fingerprint density at radius 3 is 1.65 bits per heavy atom. The van der Waals surface area contributed by atoms with Crippen LogP contribution in [0.1, 0.15) is 60.9 Å². The van der Waals surface area contributed by atoms with Crippen molar-refractivity contribution in [2.75, 3.05) is 0 Å². The zero-order chi connectivity index (χ0) is 43.4. The summed E-state index contributed by atoms with van der Waals surface area (Å²) in [6.45, 7) is 0. The fourth-order valence-corrected chi connectivity index (χ4v) is 6.40. The molecule has 1 saturated carbocycles. The van der Waals surface area contributed by atoms with E-state index in [1.54, 1.807) is 18.2 Å². The normalized spacial score (nSPS) is 21.5. The predicted octanol–water partition coefficient (Wildman–Crippen LogP) is 11.4. The average Bonchev–Trinajstić information content (AvgIpc) is 3.59. The van der Waals surface area contributed by atoms with Gasteiger partial charge in [0.05, 0.1) is 9.60 Å². The summed E-state index contributed by atoms with van der Waals surface area (Å²) < 4.78 is 118. The van der Waals surface area contributed by atoms with Gasteiger partial charge in [0.15, 0.2) is 17.5 Å². The molecule has 6 aromatic carbocycles. The molecule has 0 amide bonds. The lowest BCUT2D eigenvalue weighted by molar-refractivity contribution is 0.353. The maximum Gasteiger partial charge on any atom is 0.164 e. The Hall–Kier alpha value is -5.67. The quantitative estimate of drug-likeness (QED) is 0.190. The van der Waals surface area contributed by atoms with Gasteiger partial charge in [-0.25, -0.2) is 15.0 Å². The molecule has 48 heavy (non-hydrogen) atoms. The zero-order valence-corrected chi connectivity index (χ0v) is 25.6. The van der Waals surface area contributed by atoms with Crippen molar-refractivity contribution in [2.45, 2.75) is 37.4 Å². The molecule has 0 unspecified atom stereocenters. The molecule has 3 nitrogen and oxygen atoms in total. The molecule has 0 bridgehead atoms. The number of hydrogen-bond acceptors (Lipinski definition) is 3. The van der Waals surface area contributed by atoms with Gasteiger partial charge >= 0.3 is 0 Å². The van der Waals surface area contributed by atoms with Crippen LogP contribution in [0.15, 0.2) is 151 Å². The van der Waals surface area contributed by atoms with Crippen LogP contribution >= 0.6 is 0 Å². The average molecular weight is 631 g/mol. The van der Waals surface area contributed by atoms with Crippen molar-refractivity contribution in [3.63, 3.8) is 0 Å². The smallest absolute Gasteiger partial charge is 0.164 e. The third-order valence-corrected chi connectivity index (χ3v) is 8.78. The van der Waals surface area contributed by atoms with Gasteiger partial charge < -0.3 is 0 Å². The first-order chi connectivity index (χ1) is 28.9. The lowest BCUT2D eigenvalue weighted by Crippen LogP contribution is -2.28. The summed E-state index contributed by atoms with van der Waals surface area (Å²) in [4.78, 5) is 14.4. The Bertz CT molecular complexity index is 2840. The van der Waals surface area contributed by atoms with Crippen molar-refractivity contribution >= 4 is 0 Å². The molecule has 2 aliphatic rings. The fraction of sp³-hybridized carbons (Fsp3) is 0.133. The van der Waals surface area contributed by atoms with E-state index in [4.69, 9.17) is 23.2 Å². The van der Waals surface area contributed by atoms with Gasteiger partial charge in [-0.3, -0.25) is 0 Å². The Kier molecular flexibility index (Phi) is 4.45. The highest BCUT2D eigenvalue weighted by Crippen LogP contribution is 2.56. The van der Waals surface area contributed by atoms with Crippen LogP contribution in [0.2, 0.25) is 0 Å². The van der Waals surface area contributed by atoms with Gasteiger partial charge in [-0.05, 0) is 69.4 Å². The van der Waals surface area contributed by atoms with Crippen molar-refractivity contribution < 1.29 is 17.8 Å². The summed E-state index contributed by atoms with van der Waals surface area (Å²) in [5.41, 5.74) is -0.168. The lowest BCUT2D eigenvalue weighted by atomic mass is 9.67. The summed E-state index contributed by atoms with van der Waals surface area (Å²) in [6, 6.07) is 29.2. The molecule has 0 saturated heterocycles. The summed E-state index contributed by atoms with van der Waals surface area (Å²) in [5, 5.41) is 0. The van der Waals surface area contributed by atoms with Crippen LogP contribution in [-0.4, -0.2) is 15.0 Å². The van der Waals surface area contributed by atoms with Gasteiger partial charge in [-0.15, -0.1) is 0 Å². The van der Waals surface area contributed by atoms with E-state index < -0.39 is 85.2 Å². The predicted molar refractivity (Wildman–Crippen MR) is 196 cm³/mol. The molecule has 0 atom stereocenters. The van der Waals surface area contributed by atoms with E-state index in [0.29, 0.717) is 28.6 Å². The van der Waals surface area contributed by atoms with Gasteiger partial charge in [0.25, 0.3) is 0 Å². The van der Waals surface area contributed by atoms with Crippen LogP contribution in [-0.2, 0) is 5.41 Å². The first-order valence-electron chi connectivity index (χ1n) is 22.2. The van der Waals surface area contributed by atoms with E-state index in [1.165, 1.54) is 0 Å². The third-order valence-electron chi connectivity index (χ3n) is 8.78. The first kappa shape index (κ1) is 18.0. The zero-order valence-electron chi connectivity index (χ0n) is 38.6. The van der Waals surface area contributed by atoms with Crippen LogP contribution in [0.25, 0.3) is 67.5 Å². The van der Waals surface area contributed by atoms with E-state index in [0.717, 1.165) is 22.3 Å². The molecule has 0 aliphatic heterocycles.